The number of rotatable bonds is 3. The molecule has 2 aliphatic rings. The second-order valence-corrected chi connectivity index (χ2v) is 6.26. The van der Waals surface area contributed by atoms with E-state index in [1.807, 2.05) is 0 Å². The van der Waals surface area contributed by atoms with Crippen LogP contribution in [-0.4, -0.2) is 46.3 Å². The average Bonchev–Trinajstić information content (AvgIpc) is 2.81. The van der Waals surface area contributed by atoms with E-state index in [4.69, 9.17) is 0 Å². The normalized spacial score (nSPS) is 19.8. The molecule has 1 spiro atoms. The van der Waals surface area contributed by atoms with Crippen molar-refractivity contribution in [2.75, 3.05) is 13.1 Å². The Morgan fingerprint density at radius 1 is 1.21 bits per heavy atom. The Labute approximate surface area is 139 Å². The summed E-state index contributed by atoms with van der Waals surface area (Å²) < 4.78 is 13.0. The summed E-state index contributed by atoms with van der Waals surface area (Å²) in [5.41, 5.74) is -0.225. The lowest BCUT2D eigenvalue weighted by Gasteiger charge is -2.37. The Morgan fingerprint density at radius 3 is 2.42 bits per heavy atom. The zero-order chi connectivity index (χ0) is 17.3. The zero-order valence-electron chi connectivity index (χ0n) is 13.5. The number of benzene rings is 1. The lowest BCUT2D eigenvalue weighted by Crippen LogP contribution is -2.55. The molecule has 2 saturated heterocycles. The highest BCUT2D eigenvalue weighted by molar-refractivity contribution is 6.07. The summed E-state index contributed by atoms with van der Waals surface area (Å²) in [6.07, 6.45) is 1.27. The maximum absolute atomic E-state index is 13.0. The van der Waals surface area contributed by atoms with Crippen molar-refractivity contribution in [3.63, 3.8) is 0 Å². The molecular weight excluding hydrogens is 313 g/mol. The molecule has 2 heterocycles. The highest BCUT2D eigenvalue weighted by atomic mass is 19.1. The van der Waals surface area contributed by atoms with Gasteiger partial charge in [0.25, 0.3) is 5.91 Å². The molecule has 24 heavy (non-hydrogen) atoms. The van der Waals surface area contributed by atoms with E-state index in [-0.39, 0.29) is 24.2 Å². The SMILES string of the molecule is CCC(=O)N1CCC2(CC1)NC(=O)N(Cc1ccc(F)cc1)C2=O. The van der Waals surface area contributed by atoms with Crippen LogP contribution in [0.3, 0.4) is 0 Å². The number of imide groups is 1. The summed E-state index contributed by atoms with van der Waals surface area (Å²) in [7, 11) is 0. The Bertz CT molecular complexity index is 666. The molecule has 0 aromatic heterocycles. The summed E-state index contributed by atoms with van der Waals surface area (Å²) in [6.45, 7) is 2.84. The van der Waals surface area contributed by atoms with Gasteiger partial charge in [-0.15, -0.1) is 0 Å². The van der Waals surface area contributed by atoms with Gasteiger partial charge in [0, 0.05) is 19.5 Å². The van der Waals surface area contributed by atoms with Crippen molar-refractivity contribution < 1.29 is 18.8 Å². The second-order valence-electron chi connectivity index (χ2n) is 6.26. The molecule has 0 saturated carbocycles. The molecule has 7 heteroatoms. The first-order chi connectivity index (χ1) is 11.4. The molecule has 3 rings (SSSR count). The third-order valence-electron chi connectivity index (χ3n) is 4.77. The van der Waals surface area contributed by atoms with Crippen LogP contribution >= 0.6 is 0 Å². The van der Waals surface area contributed by atoms with Crippen LogP contribution in [0.5, 0.6) is 0 Å². The highest BCUT2D eigenvalue weighted by Gasteiger charge is 2.52. The molecule has 1 N–H and O–H groups in total. The molecule has 0 bridgehead atoms. The van der Waals surface area contributed by atoms with Crippen LogP contribution in [0.4, 0.5) is 9.18 Å². The van der Waals surface area contributed by atoms with Gasteiger partial charge in [-0.25, -0.2) is 9.18 Å². The summed E-state index contributed by atoms with van der Waals surface area (Å²) >= 11 is 0. The van der Waals surface area contributed by atoms with E-state index >= 15 is 0 Å². The van der Waals surface area contributed by atoms with E-state index in [9.17, 15) is 18.8 Å². The summed E-state index contributed by atoms with van der Waals surface area (Å²) in [4.78, 5) is 39.7. The molecule has 1 aromatic rings. The van der Waals surface area contributed by atoms with Crippen LogP contribution in [0.15, 0.2) is 24.3 Å². The van der Waals surface area contributed by atoms with E-state index in [0.717, 1.165) is 0 Å². The van der Waals surface area contributed by atoms with Crippen LogP contribution in [0.1, 0.15) is 31.7 Å². The first kappa shape index (κ1) is 16.4. The van der Waals surface area contributed by atoms with Gasteiger partial charge in [-0.3, -0.25) is 14.5 Å². The predicted molar refractivity (Wildman–Crippen MR) is 84.3 cm³/mol. The number of likely N-dealkylation sites (tertiary alicyclic amines) is 1. The number of urea groups is 1. The van der Waals surface area contributed by atoms with Gasteiger partial charge in [0.15, 0.2) is 0 Å². The number of nitrogens with zero attached hydrogens (tertiary/aromatic N) is 2. The zero-order valence-corrected chi connectivity index (χ0v) is 13.5. The van der Waals surface area contributed by atoms with Crippen molar-refractivity contribution in [2.24, 2.45) is 0 Å². The van der Waals surface area contributed by atoms with Crippen LogP contribution < -0.4 is 5.32 Å². The Morgan fingerprint density at radius 2 is 1.83 bits per heavy atom. The third-order valence-corrected chi connectivity index (χ3v) is 4.77. The molecule has 1 aromatic carbocycles. The fourth-order valence-corrected chi connectivity index (χ4v) is 3.29. The fourth-order valence-electron chi connectivity index (χ4n) is 3.29. The van der Waals surface area contributed by atoms with Crippen molar-refractivity contribution in [1.29, 1.82) is 0 Å². The van der Waals surface area contributed by atoms with Crippen LogP contribution in [-0.2, 0) is 16.1 Å². The number of nitrogens with one attached hydrogen (secondary N) is 1. The number of carbonyl (C=O) groups excluding carboxylic acids is 3. The summed E-state index contributed by atoms with van der Waals surface area (Å²) in [5, 5.41) is 2.80. The Kier molecular flexibility index (Phi) is 4.26. The number of hydrogen-bond donors (Lipinski definition) is 1. The number of halogens is 1. The van der Waals surface area contributed by atoms with E-state index in [2.05, 4.69) is 5.32 Å². The lowest BCUT2D eigenvalue weighted by atomic mass is 9.87. The average molecular weight is 333 g/mol. The van der Waals surface area contributed by atoms with E-state index < -0.39 is 11.6 Å². The number of hydrogen-bond acceptors (Lipinski definition) is 3. The second kappa shape index (κ2) is 6.22. The van der Waals surface area contributed by atoms with Crippen molar-refractivity contribution in [1.82, 2.24) is 15.1 Å². The molecule has 0 radical (unpaired) electrons. The molecule has 2 fully saturated rings. The van der Waals surface area contributed by atoms with Gasteiger partial charge in [0.05, 0.1) is 6.54 Å². The third kappa shape index (κ3) is 2.86. The van der Waals surface area contributed by atoms with Gasteiger partial charge in [0.2, 0.25) is 5.91 Å². The predicted octanol–water partition coefficient (Wildman–Crippen LogP) is 1.65. The summed E-state index contributed by atoms with van der Waals surface area (Å²) in [6, 6.07) is 5.29. The quantitative estimate of drug-likeness (QED) is 0.855. The Hall–Kier alpha value is -2.44. The number of piperidine rings is 1. The first-order valence-electron chi connectivity index (χ1n) is 8.11. The largest absolute Gasteiger partial charge is 0.343 e. The molecule has 0 unspecified atom stereocenters. The standard InChI is InChI=1S/C17H20FN3O3/c1-2-14(22)20-9-7-17(8-10-20)15(23)21(16(24)19-17)11-12-3-5-13(18)6-4-12/h3-6H,2,7-11H2,1H3,(H,19,24). The van der Waals surface area contributed by atoms with Crippen LogP contribution in [0.2, 0.25) is 0 Å². The van der Waals surface area contributed by atoms with Gasteiger partial charge >= 0.3 is 6.03 Å². The number of carbonyl (C=O) groups is 3. The van der Waals surface area contributed by atoms with Crippen molar-refractivity contribution in [2.45, 2.75) is 38.3 Å². The minimum Gasteiger partial charge on any atom is -0.343 e. The van der Waals surface area contributed by atoms with Gasteiger partial charge in [-0.05, 0) is 30.5 Å². The smallest absolute Gasteiger partial charge is 0.325 e. The molecule has 2 aliphatic heterocycles. The summed E-state index contributed by atoms with van der Waals surface area (Å²) in [5.74, 6) is -0.564. The molecule has 4 amide bonds. The van der Waals surface area contributed by atoms with E-state index in [0.29, 0.717) is 37.9 Å². The maximum atomic E-state index is 13.0. The minimum absolute atomic E-state index is 0.0600. The molecular formula is C17H20FN3O3. The van der Waals surface area contributed by atoms with Crippen molar-refractivity contribution in [3.05, 3.63) is 35.6 Å². The maximum Gasteiger partial charge on any atom is 0.325 e. The molecule has 128 valence electrons. The van der Waals surface area contributed by atoms with Gasteiger partial charge in [-0.1, -0.05) is 19.1 Å². The molecule has 0 atom stereocenters. The van der Waals surface area contributed by atoms with Crippen molar-refractivity contribution >= 4 is 17.8 Å². The van der Waals surface area contributed by atoms with E-state index in [1.165, 1.54) is 17.0 Å². The lowest BCUT2D eigenvalue weighted by molar-refractivity contribution is -0.138. The first-order valence-corrected chi connectivity index (χ1v) is 8.11. The minimum atomic E-state index is -0.915. The van der Waals surface area contributed by atoms with Gasteiger partial charge in [-0.2, -0.15) is 0 Å². The van der Waals surface area contributed by atoms with Crippen LogP contribution in [0, 0.1) is 5.82 Å². The van der Waals surface area contributed by atoms with Gasteiger partial charge < -0.3 is 10.2 Å². The highest BCUT2D eigenvalue weighted by Crippen LogP contribution is 2.30. The van der Waals surface area contributed by atoms with Crippen molar-refractivity contribution in [3.8, 4) is 0 Å². The van der Waals surface area contributed by atoms with Crippen LogP contribution in [0.25, 0.3) is 0 Å². The monoisotopic (exact) mass is 333 g/mol. The van der Waals surface area contributed by atoms with E-state index in [1.54, 1.807) is 24.0 Å². The Balaban J connectivity index is 1.70. The molecule has 6 nitrogen and oxygen atoms in total. The topological polar surface area (TPSA) is 69.7 Å². The molecule has 0 aliphatic carbocycles. The fraction of sp³-hybridized carbons (Fsp3) is 0.471. The number of amides is 4. The van der Waals surface area contributed by atoms with Gasteiger partial charge in [0.1, 0.15) is 11.4 Å².